The lowest BCUT2D eigenvalue weighted by Gasteiger charge is -2.23. The first kappa shape index (κ1) is 14.8. The van der Waals surface area contributed by atoms with Crippen molar-refractivity contribution < 1.29 is 9.47 Å². The minimum absolute atomic E-state index is 0.197. The molecule has 0 aliphatic heterocycles. The van der Waals surface area contributed by atoms with Crippen molar-refractivity contribution in [3.8, 4) is 11.5 Å². The number of nitrogens with one attached hydrogen (secondary N) is 1. The molecular formula is C15H25NO2. The SMILES string of the molecule is CCNCC(Oc1ccc(OCC)cc1)C(C)C. The highest BCUT2D eigenvalue weighted by atomic mass is 16.5. The first-order valence-corrected chi connectivity index (χ1v) is 6.77. The molecule has 1 unspecified atom stereocenters. The Balaban J connectivity index is 2.57. The van der Waals surface area contributed by atoms with E-state index in [9.17, 15) is 0 Å². The molecule has 0 aliphatic carbocycles. The first-order valence-electron chi connectivity index (χ1n) is 6.77. The number of likely N-dealkylation sites (N-methyl/N-ethyl adjacent to an activating group) is 1. The quantitative estimate of drug-likeness (QED) is 0.770. The van der Waals surface area contributed by atoms with Gasteiger partial charge in [0.1, 0.15) is 17.6 Å². The Labute approximate surface area is 110 Å². The zero-order valence-electron chi connectivity index (χ0n) is 11.9. The van der Waals surface area contributed by atoms with Crippen LogP contribution < -0.4 is 14.8 Å². The molecule has 0 saturated carbocycles. The highest BCUT2D eigenvalue weighted by Gasteiger charge is 2.14. The number of rotatable bonds is 8. The van der Waals surface area contributed by atoms with Crippen LogP contribution in [0.15, 0.2) is 24.3 Å². The average molecular weight is 251 g/mol. The van der Waals surface area contributed by atoms with Crippen molar-refractivity contribution in [3.05, 3.63) is 24.3 Å². The van der Waals surface area contributed by atoms with Gasteiger partial charge in [-0.1, -0.05) is 20.8 Å². The fraction of sp³-hybridized carbons (Fsp3) is 0.600. The van der Waals surface area contributed by atoms with Crippen LogP contribution in [0.5, 0.6) is 11.5 Å². The van der Waals surface area contributed by atoms with Crippen LogP contribution in [-0.2, 0) is 0 Å². The summed E-state index contributed by atoms with van der Waals surface area (Å²) < 4.78 is 11.4. The van der Waals surface area contributed by atoms with Crippen molar-refractivity contribution in [2.24, 2.45) is 5.92 Å². The van der Waals surface area contributed by atoms with Crippen LogP contribution in [0.1, 0.15) is 27.7 Å². The highest BCUT2D eigenvalue weighted by molar-refractivity contribution is 5.31. The summed E-state index contributed by atoms with van der Waals surface area (Å²) in [7, 11) is 0. The molecule has 0 fully saturated rings. The van der Waals surface area contributed by atoms with Gasteiger partial charge in [-0.2, -0.15) is 0 Å². The van der Waals surface area contributed by atoms with Crippen LogP contribution in [0.25, 0.3) is 0 Å². The summed E-state index contributed by atoms with van der Waals surface area (Å²) in [6.45, 7) is 11.0. The van der Waals surface area contributed by atoms with Crippen molar-refractivity contribution in [2.75, 3.05) is 19.7 Å². The largest absolute Gasteiger partial charge is 0.494 e. The zero-order chi connectivity index (χ0) is 13.4. The molecule has 1 rings (SSSR count). The van der Waals surface area contributed by atoms with Gasteiger partial charge in [-0.15, -0.1) is 0 Å². The molecule has 18 heavy (non-hydrogen) atoms. The van der Waals surface area contributed by atoms with E-state index in [1.807, 2.05) is 31.2 Å². The topological polar surface area (TPSA) is 30.5 Å². The van der Waals surface area contributed by atoms with E-state index in [2.05, 4.69) is 26.1 Å². The second kappa shape index (κ2) is 7.98. The summed E-state index contributed by atoms with van der Waals surface area (Å²) >= 11 is 0. The molecule has 0 saturated heterocycles. The Morgan fingerprint density at radius 3 is 2.17 bits per heavy atom. The van der Waals surface area contributed by atoms with E-state index in [1.165, 1.54) is 0 Å². The van der Waals surface area contributed by atoms with Gasteiger partial charge in [0.15, 0.2) is 0 Å². The number of benzene rings is 1. The van der Waals surface area contributed by atoms with Crippen molar-refractivity contribution >= 4 is 0 Å². The molecule has 0 heterocycles. The van der Waals surface area contributed by atoms with E-state index >= 15 is 0 Å². The van der Waals surface area contributed by atoms with E-state index in [0.717, 1.165) is 24.6 Å². The van der Waals surface area contributed by atoms with Crippen molar-refractivity contribution in [2.45, 2.75) is 33.8 Å². The number of ether oxygens (including phenoxy) is 2. The van der Waals surface area contributed by atoms with Crippen molar-refractivity contribution in [1.82, 2.24) is 5.32 Å². The maximum Gasteiger partial charge on any atom is 0.120 e. The summed E-state index contributed by atoms with van der Waals surface area (Å²) in [5.74, 6) is 2.27. The van der Waals surface area contributed by atoms with Crippen LogP contribution in [0, 0.1) is 5.92 Å². The smallest absolute Gasteiger partial charge is 0.120 e. The Kier molecular flexibility index (Phi) is 6.58. The minimum atomic E-state index is 0.197. The summed E-state index contributed by atoms with van der Waals surface area (Å²) in [6.07, 6.45) is 0.197. The van der Waals surface area contributed by atoms with Gasteiger partial charge in [0.2, 0.25) is 0 Å². The molecule has 0 spiro atoms. The minimum Gasteiger partial charge on any atom is -0.494 e. The van der Waals surface area contributed by atoms with Gasteiger partial charge in [-0.05, 0) is 43.7 Å². The maximum absolute atomic E-state index is 5.99. The third kappa shape index (κ3) is 4.96. The number of hydrogen-bond donors (Lipinski definition) is 1. The monoisotopic (exact) mass is 251 g/mol. The fourth-order valence-corrected chi connectivity index (χ4v) is 1.66. The normalized spacial score (nSPS) is 12.5. The first-order chi connectivity index (χ1) is 8.67. The summed E-state index contributed by atoms with van der Waals surface area (Å²) in [5, 5.41) is 3.33. The molecule has 1 aromatic rings. The summed E-state index contributed by atoms with van der Waals surface area (Å²) in [4.78, 5) is 0. The summed E-state index contributed by atoms with van der Waals surface area (Å²) in [5.41, 5.74) is 0. The molecule has 0 bridgehead atoms. The molecule has 1 N–H and O–H groups in total. The second-order valence-electron chi connectivity index (χ2n) is 4.61. The van der Waals surface area contributed by atoms with Gasteiger partial charge >= 0.3 is 0 Å². The molecule has 0 aliphatic rings. The molecule has 0 aromatic heterocycles. The third-order valence-corrected chi connectivity index (χ3v) is 2.76. The Morgan fingerprint density at radius 2 is 1.67 bits per heavy atom. The predicted molar refractivity (Wildman–Crippen MR) is 75.4 cm³/mol. The molecule has 0 amide bonds. The van der Waals surface area contributed by atoms with Gasteiger partial charge in [0, 0.05) is 6.54 Å². The maximum atomic E-state index is 5.99. The van der Waals surface area contributed by atoms with Crippen LogP contribution in [0.4, 0.5) is 0 Å². The van der Waals surface area contributed by atoms with Crippen molar-refractivity contribution in [1.29, 1.82) is 0 Å². The zero-order valence-corrected chi connectivity index (χ0v) is 11.9. The lowest BCUT2D eigenvalue weighted by Crippen LogP contribution is -2.35. The molecule has 3 nitrogen and oxygen atoms in total. The van der Waals surface area contributed by atoms with Crippen LogP contribution >= 0.6 is 0 Å². The highest BCUT2D eigenvalue weighted by Crippen LogP contribution is 2.20. The molecule has 0 radical (unpaired) electrons. The van der Waals surface area contributed by atoms with Crippen molar-refractivity contribution in [3.63, 3.8) is 0 Å². The van der Waals surface area contributed by atoms with Gasteiger partial charge in [0.25, 0.3) is 0 Å². The average Bonchev–Trinajstić information content (AvgIpc) is 2.36. The Bertz CT molecular complexity index is 322. The Morgan fingerprint density at radius 1 is 1.06 bits per heavy atom. The van der Waals surface area contributed by atoms with E-state index in [4.69, 9.17) is 9.47 Å². The number of hydrogen-bond acceptors (Lipinski definition) is 3. The van der Waals surface area contributed by atoms with Gasteiger partial charge in [-0.3, -0.25) is 0 Å². The Hall–Kier alpha value is -1.22. The fourth-order valence-electron chi connectivity index (χ4n) is 1.66. The standard InChI is InChI=1S/C15H25NO2/c1-5-16-11-15(12(3)4)18-14-9-7-13(8-10-14)17-6-2/h7-10,12,15-16H,5-6,11H2,1-4H3. The van der Waals surface area contributed by atoms with E-state index in [0.29, 0.717) is 12.5 Å². The molecule has 1 aromatic carbocycles. The van der Waals surface area contributed by atoms with E-state index in [1.54, 1.807) is 0 Å². The van der Waals surface area contributed by atoms with Crippen LogP contribution in [0.3, 0.4) is 0 Å². The van der Waals surface area contributed by atoms with E-state index < -0.39 is 0 Å². The van der Waals surface area contributed by atoms with Gasteiger partial charge in [-0.25, -0.2) is 0 Å². The van der Waals surface area contributed by atoms with Crippen LogP contribution in [-0.4, -0.2) is 25.8 Å². The lowest BCUT2D eigenvalue weighted by molar-refractivity contribution is 0.149. The van der Waals surface area contributed by atoms with Gasteiger partial charge in [0.05, 0.1) is 6.61 Å². The second-order valence-corrected chi connectivity index (χ2v) is 4.61. The summed E-state index contributed by atoms with van der Waals surface area (Å²) in [6, 6.07) is 7.82. The molecular weight excluding hydrogens is 226 g/mol. The molecule has 3 heteroatoms. The van der Waals surface area contributed by atoms with Gasteiger partial charge < -0.3 is 14.8 Å². The van der Waals surface area contributed by atoms with Crippen LogP contribution in [0.2, 0.25) is 0 Å². The lowest BCUT2D eigenvalue weighted by atomic mass is 10.1. The molecule has 102 valence electrons. The predicted octanol–water partition coefficient (Wildman–Crippen LogP) is 3.10. The molecule has 1 atom stereocenters. The van der Waals surface area contributed by atoms with E-state index in [-0.39, 0.29) is 6.10 Å². The third-order valence-electron chi connectivity index (χ3n) is 2.76.